The molecule has 4 nitrogen and oxygen atoms in total. The van der Waals surface area contributed by atoms with Crippen LogP contribution < -0.4 is 5.32 Å². The zero-order valence-electron chi connectivity index (χ0n) is 12.3. The minimum Gasteiger partial charge on any atom is -0.369 e. The average molecular weight is 256 g/mol. The molecule has 1 saturated heterocycles. The quantitative estimate of drug-likeness (QED) is 0.788. The van der Waals surface area contributed by atoms with E-state index in [0.29, 0.717) is 12.5 Å². The monoisotopic (exact) mass is 256 g/mol. The van der Waals surface area contributed by atoms with Gasteiger partial charge >= 0.3 is 0 Å². The Bertz CT molecular complexity index is 259. The second-order valence-electron chi connectivity index (χ2n) is 5.45. The van der Waals surface area contributed by atoms with E-state index >= 15 is 0 Å². The number of methoxy groups -OCH3 is 1. The molecule has 0 radical (unpaired) electrons. The fraction of sp³-hybridized carbons (Fsp3) is 0.929. The van der Waals surface area contributed by atoms with E-state index in [2.05, 4.69) is 5.32 Å². The van der Waals surface area contributed by atoms with Crippen LogP contribution in [0.3, 0.4) is 0 Å². The number of ether oxygens (including phenoxy) is 1. The molecule has 2 unspecified atom stereocenters. The third kappa shape index (κ3) is 3.95. The van der Waals surface area contributed by atoms with E-state index in [1.54, 1.807) is 7.11 Å². The molecule has 0 aromatic rings. The molecule has 4 heteroatoms. The SMILES string of the molecule is CCC(C)(OC)C(=O)N(C)CCC1CCCCN1. The van der Waals surface area contributed by atoms with Crippen LogP contribution in [0.15, 0.2) is 0 Å². The Balaban J connectivity index is 2.39. The molecule has 106 valence electrons. The van der Waals surface area contributed by atoms with Crippen molar-refractivity contribution < 1.29 is 9.53 Å². The molecule has 0 aromatic heterocycles. The summed E-state index contributed by atoms with van der Waals surface area (Å²) in [6.07, 6.45) is 5.56. The summed E-state index contributed by atoms with van der Waals surface area (Å²) in [6, 6.07) is 0.574. The van der Waals surface area contributed by atoms with Crippen molar-refractivity contribution in [2.24, 2.45) is 0 Å². The third-order valence-corrected chi connectivity index (χ3v) is 4.15. The summed E-state index contributed by atoms with van der Waals surface area (Å²) in [5, 5.41) is 3.51. The Morgan fingerprint density at radius 1 is 1.50 bits per heavy atom. The number of nitrogens with one attached hydrogen (secondary N) is 1. The lowest BCUT2D eigenvalue weighted by molar-refractivity contribution is -0.152. The Kier molecular flexibility index (Phi) is 6.09. The van der Waals surface area contributed by atoms with Gasteiger partial charge in [0.05, 0.1) is 0 Å². The zero-order valence-corrected chi connectivity index (χ0v) is 12.3. The second-order valence-corrected chi connectivity index (χ2v) is 5.45. The number of rotatable bonds is 6. The Hall–Kier alpha value is -0.610. The lowest BCUT2D eigenvalue weighted by Crippen LogP contribution is -2.47. The largest absolute Gasteiger partial charge is 0.369 e. The maximum Gasteiger partial charge on any atom is 0.254 e. The van der Waals surface area contributed by atoms with Crippen LogP contribution in [0.5, 0.6) is 0 Å². The van der Waals surface area contributed by atoms with Gasteiger partial charge in [-0.25, -0.2) is 0 Å². The molecule has 1 fully saturated rings. The van der Waals surface area contributed by atoms with Gasteiger partial charge in [0.15, 0.2) is 0 Å². The molecule has 2 atom stereocenters. The summed E-state index contributed by atoms with van der Waals surface area (Å²) in [7, 11) is 3.48. The fourth-order valence-corrected chi connectivity index (χ4v) is 2.41. The van der Waals surface area contributed by atoms with Gasteiger partial charge in [-0.15, -0.1) is 0 Å². The van der Waals surface area contributed by atoms with Gasteiger partial charge in [-0.05, 0) is 39.2 Å². The zero-order chi connectivity index (χ0) is 13.6. The van der Waals surface area contributed by atoms with Crippen LogP contribution in [0, 0.1) is 0 Å². The van der Waals surface area contributed by atoms with E-state index in [9.17, 15) is 4.79 Å². The molecule has 0 bridgehead atoms. The van der Waals surface area contributed by atoms with Crippen LogP contribution in [0.4, 0.5) is 0 Å². The van der Waals surface area contributed by atoms with Crippen LogP contribution in [0.2, 0.25) is 0 Å². The molecule has 0 saturated carbocycles. The maximum absolute atomic E-state index is 12.3. The van der Waals surface area contributed by atoms with Crippen LogP contribution in [-0.2, 0) is 9.53 Å². The van der Waals surface area contributed by atoms with Gasteiger partial charge in [0.1, 0.15) is 5.60 Å². The van der Waals surface area contributed by atoms with Gasteiger partial charge < -0.3 is 15.0 Å². The number of hydrogen-bond acceptors (Lipinski definition) is 3. The molecule has 1 aliphatic rings. The summed E-state index contributed by atoms with van der Waals surface area (Å²) >= 11 is 0. The van der Waals surface area contributed by atoms with Crippen LogP contribution in [0.25, 0.3) is 0 Å². The summed E-state index contributed by atoms with van der Waals surface area (Å²) in [5.74, 6) is 0.0864. The van der Waals surface area contributed by atoms with E-state index in [-0.39, 0.29) is 5.91 Å². The Labute approximate surface area is 111 Å². The summed E-state index contributed by atoms with van der Waals surface area (Å²) in [5.41, 5.74) is -0.672. The highest BCUT2D eigenvalue weighted by Gasteiger charge is 2.33. The van der Waals surface area contributed by atoms with E-state index in [1.807, 2.05) is 25.8 Å². The highest BCUT2D eigenvalue weighted by molar-refractivity contribution is 5.84. The predicted molar refractivity (Wildman–Crippen MR) is 73.6 cm³/mol. The van der Waals surface area contributed by atoms with Crippen molar-refractivity contribution in [3.63, 3.8) is 0 Å². The molecular formula is C14H28N2O2. The number of nitrogens with zero attached hydrogens (tertiary/aromatic N) is 1. The molecule has 0 spiro atoms. The first-order valence-corrected chi connectivity index (χ1v) is 7.07. The average Bonchev–Trinajstić information content (AvgIpc) is 2.44. The van der Waals surface area contributed by atoms with Crippen LogP contribution in [-0.4, -0.2) is 49.7 Å². The van der Waals surface area contributed by atoms with E-state index in [0.717, 1.165) is 19.5 Å². The molecule has 0 aromatic carbocycles. The van der Waals surface area contributed by atoms with Crippen molar-refractivity contribution >= 4 is 5.91 Å². The normalized spacial score (nSPS) is 23.4. The number of hydrogen-bond donors (Lipinski definition) is 1. The van der Waals surface area contributed by atoms with Gasteiger partial charge in [-0.1, -0.05) is 13.3 Å². The van der Waals surface area contributed by atoms with Crippen molar-refractivity contribution in [3.05, 3.63) is 0 Å². The number of piperidine rings is 1. The first-order valence-electron chi connectivity index (χ1n) is 7.07. The van der Waals surface area contributed by atoms with Gasteiger partial charge in [0, 0.05) is 26.7 Å². The number of carbonyl (C=O) groups excluding carboxylic acids is 1. The Morgan fingerprint density at radius 2 is 2.22 bits per heavy atom. The number of likely N-dealkylation sites (N-methyl/N-ethyl adjacent to an activating group) is 1. The van der Waals surface area contributed by atoms with Crippen molar-refractivity contribution in [1.29, 1.82) is 0 Å². The summed E-state index contributed by atoms with van der Waals surface area (Å²) in [6.45, 7) is 5.77. The highest BCUT2D eigenvalue weighted by Crippen LogP contribution is 2.18. The minimum atomic E-state index is -0.672. The van der Waals surface area contributed by atoms with E-state index in [1.165, 1.54) is 19.3 Å². The standard InChI is InChI=1S/C14H28N2O2/c1-5-14(2,18-4)13(17)16(3)11-9-12-8-6-7-10-15-12/h12,15H,5-11H2,1-4H3. The topological polar surface area (TPSA) is 41.6 Å². The first kappa shape index (κ1) is 15.4. The van der Waals surface area contributed by atoms with Crippen LogP contribution >= 0.6 is 0 Å². The van der Waals surface area contributed by atoms with Gasteiger partial charge in [-0.2, -0.15) is 0 Å². The van der Waals surface area contributed by atoms with Gasteiger partial charge in [-0.3, -0.25) is 4.79 Å². The predicted octanol–water partition coefficient (Wildman–Crippen LogP) is 1.79. The summed E-state index contributed by atoms with van der Waals surface area (Å²) < 4.78 is 5.35. The highest BCUT2D eigenvalue weighted by atomic mass is 16.5. The molecule has 1 aliphatic heterocycles. The molecule has 1 rings (SSSR count). The second kappa shape index (κ2) is 7.10. The Morgan fingerprint density at radius 3 is 2.72 bits per heavy atom. The fourth-order valence-electron chi connectivity index (χ4n) is 2.41. The minimum absolute atomic E-state index is 0.0864. The van der Waals surface area contributed by atoms with E-state index < -0.39 is 5.60 Å². The number of amides is 1. The van der Waals surface area contributed by atoms with Crippen molar-refractivity contribution in [2.45, 2.75) is 57.6 Å². The molecule has 1 N–H and O–H groups in total. The lowest BCUT2D eigenvalue weighted by atomic mass is 9.99. The smallest absolute Gasteiger partial charge is 0.254 e. The first-order chi connectivity index (χ1) is 8.53. The van der Waals surface area contributed by atoms with Gasteiger partial charge in [0.25, 0.3) is 5.91 Å². The summed E-state index contributed by atoms with van der Waals surface area (Å²) in [4.78, 5) is 14.1. The molecule has 0 aliphatic carbocycles. The third-order valence-electron chi connectivity index (χ3n) is 4.15. The lowest BCUT2D eigenvalue weighted by Gasteiger charge is -2.32. The van der Waals surface area contributed by atoms with Gasteiger partial charge in [0.2, 0.25) is 0 Å². The van der Waals surface area contributed by atoms with E-state index in [4.69, 9.17) is 4.74 Å². The molecular weight excluding hydrogens is 228 g/mol. The van der Waals surface area contributed by atoms with Crippen molar-refractivity contribution in [1.82, 2.24) is 10.2 Å². The molecule has 18 heavy (non-hydrogen) atoms. The van der Waals surface area contributed by atoms with Crippen molar-refractivity contribution in [2.75, 3.05) is 27.2 Å². The van der Waals surface area contributed by atoms with Crippen molar-refractivity contribution in [3.8, 4) is 0 Å². The van der Waals surface area contributed by atoms with Crippen LogP contribution in [0.1, 0.15) is 46.0 Å². The number of carbonyl (C=O) groups is 1. The maximum atomic E-state index is 12.3. The molecule has 1 amide bonds. The molecule has 1 heterocycles.